The van der Waals surface area contributed by atoms with Crippen molar-refractivity contribution in [2.75, 3.05) is 33.8 Å². The molecule has 0 radical (unpaired) electrons. The third kappa shape index (κ3) is 5.11. The van der Waals surface area contributed by atoms with Crippen molar-refractivity contribution in [1.82, 2.24) is 0 Å². The summed E-state index contributed by atoms with van der Waals surface area (Å²) in [6.45, 7) is 1.85. The van der Waals surface area contributed by atoms with E-state index in [1.54, 1.807) is 0 Å². The van der Waals surface area contributed by atoms with Crippen LogP contribution in [0, 0.1) is 0 Å². The molecule has 0 aromatic heterocycles. The van der Waals surface area contributed by atoms with Gasteiger partial charge in [-0.3, -0.25) is 4.79 Å². The first-order valence-electron chi connectivity index (χ1n) is 6.06. The summed E-state index contributed by atoms with van der Waals surface area (Å²) in [6, 6.07) is 9.40. The Labute approximate surface area is 103 Å². The molecule has 1 rings (SSSR count). The van der Waals surface area contributed by atoms with Gasteiger partial charge in [-0.2, -0.15) is 0 Å². The second-order valence-electron chi connectivity index (χ2n) is 5.00. The van der Waals surface area contributed by atoms with Crippen LogP contribution in [-0.2, 0) is 0 Å². The molecule has 0 aliphatic heterocycles. The molecule has 0 amide bonds. The maximum atomic E-state index is 11.8. The largest absolute Gasteiger partial charge is 0.391 e. The van der Waals surface area contributed by atoms with E-state index in [4.69, 9.17) is 5.11 Å². The predicted molar refractivity (Wildman–Crippen MR) is 68.9 cm³/mol. The van der Waals surface area contributed by atoms with Gasteiger partial charge in [0.25, 0.3) is 0 Å². The van der Waals surface area contributed by atoms with Crippen LogP contribution in [0.3, 0.4) is 0 Å². The van der Waals surface area contributed by atoms with Crippen LogP contribution in [0.25, 0.3) is 0 Å². The van der Waals surface area contributed by atoms with Crippen molar-refractivity contribution in [3.05, 3.63) is 35.9 Å². The number of hydrogen-bond acceptors (Lipinski definition) is 2. The Morgan fingerprint density at radius 3 is 2.41 bits per heavy atom. The number of Topliss-reactive ketones (excluding diaryl/α,β-unsaturated/α-hetero) is 1. The van der Waals surface area contributed by atoms with E-state index in [9.17, 15) is 4.79 Å². The maximum absolute atomic E-state index is 11.8. The number of hydrogen-bond donors (Lipinski definition) is 1. The molecule has 3 heteroatoms. The van der Waals surface area contributed by atoms with Gasteiger partial charge < -0.3 is 9.59 Å². The average molecular weight is 236 g/mol. The maximum Gasteiger partial charge on any atom is 0.163 e. The Kier molecular flexibility index (Phi) is 5.32. The lowest BCUT2D eigenvalue weighted by atomic mass is 10.1. The minimum atomic E-state index is 0.194. The van der Waals surface area contributed by atoms with Crippen molar-refractivity contribution >= 4 is 5.78 Å². The summed E-state index contributed by atoms with van der Waals surface area (Å²) in [6.07, 6.45) is 1.44. The van der Waals surface area contributed by atoms with Gasteiger partial charge >= 0.3 is 0 Å². The summed E-state index contributed by atoms with van der Waals surface area (Å²) in [5, 5.41) is 8.91. The lowest BCUT2D eigenvalue weighted by Gasteiger charge is -2.28. The number of benzene rings is 1. The monoisotopic (exact) mass is 236 g/mol. The van der Waals surface area contributed by atoms with E-state index in [1.165, 1.54) is 0 Å². The molecule has 0 bridgehead atoms. The van der Waals surface area contributed by atoms with E-state index in [0.717, 1.165) is 29.6 Å². The molecule has 0 heterocycles. The highest BCUT2D eigenvalue weighted by molar-refractivity contribution is 5.95. The third-order valence-corrected chi connectivity index (χ3v) is 2.97. The van der Waals surface area contributed by atoms with Gasteiger partial charge in [0, 0.05) is 18.4 Å². The molecule has 0 aliphatic carbocycles. The highest BCUT2D eigenvalue weighted by Gasteiger charge is 2.14. The van der Waals surface area contributed by atoms with E-state index >= 15 is 0 Å². The van der Waals surface area contributed by atoms with Crippen molar-refractivity contribution in [3.63, 3.8) is 0 Å². The van der Waals surface area contributed by atoms with Crippen molar-refractivity contribution in [2.24, 2.45) is 0 Å². The zero-order chi connectivity index (χ0) is 12.7. The lowest BCUT2D eigenvalue weighted by Crippen LogP contribution is -2.42. The second-order valence-corrected chi connectivity index (χ2v) is 5.00. The van der Waals surface area contributed by atoms with Gasteiger partial charge in [0.05, 0.1) is 27.2 Å². The fourth-order valence-corrected chi connectivity index (χ4v) is 1.82. The average Bonchev–Trinajstić information content (AvgIpc) is 2.29. The van der Waals surface area contributed by atoms with E-state index in [1.807, 2.05) is 30.3 Å². The Morgan fingerprint density at radius 2 is 1.82 bits per heavy atom. The van der Waals surface area contributed by atoms with Gasteiger partial charge in [0.2, 0.25) is 0 Å². The highest BCUT2D eigenvalue weighted by Crippen LogP contribution is 2.07. The molecule has 0 atom stereocenters. The molecular formula is C14H22NO2+. The standard InChI is InChI=1S/C14H22NO2/c1-15(2,11-12-16)10-6-9-14(17)13-7-4-3-5-8-13/h3-5,7-8,16H,6,9-12H2,1-2H3/q+1. The minimum absolute atomic E-state index is 0.194. The van der Waals surface area contributed by atoms with E-state index < -0.39 is 0 Å². The number of aliphatic hydroxyl groups is 1. The molecule has 0 spiro atoms. The zero-order valence-electron chi connectivity index (χ0n) is 10.7. The van der Waals surface area contributed by atoms with Gasteiger partial charge in [-0.05, 0) is 0 Å². The Hall–Kier alpha value is -1.19. The van der Waals surface area contributed by atoms with E-state index in [-0.39, 0.29) is 12.4 Å². The SMILES string of the molecule is C[N+](C)(CCO)CCCC(=O)c1ccccc1. The zero-order valence-corrected chi connectivity index (χ0v) is 10.7. The molecule has 0 saturated heterocycles. The molecule has 94 valence electrons. The van der Waals surface area contributed by atoms with Gasteiger partial charge in [-0.1, -0.05) is 30.3 Å². The summed E-state index contributed by atoms with van der Waals surface area (Å²) in [5.74, 6) is 0.203. The highest BCUT2D eigenvalue weighted by atomic mass is 16.3. The summed E-state index contributed by atoms with van der Waals surface area (Å²) < 4.78 is 0.762. The number of ketones is 1. The molecule has 0 aliphatic rings. The number of nitrogens with zero attached hydrogens (tertiary/aromatic N) is 1. The number of carbonyl (C=O) groups is 1. The van der Waals surface area contributed by atoms with Crippen LogP contribution in [0.15, 0.2) is 30.3 Å². The molecule has 0 fully saturated rings. The number of likely N-dealkylation sites (N-methyl/N-ethyl adjacent to an activating group) is 1. The number of carbonyl (C=O) groups excluding carboxylic acids is 1. The summed E-state index contributed by atoms with van der Waals surface area (Å²) in [5.41, 5.74) is 0.792. The minimum Gasteiger partial charge on any atom is -0.391 e. The van der Waals surface area contributed by atoms with Crippen molar-refractivity contribution in [1.29, 1.82) is 0 Å². The summed E-state index contributed by atoms with van der Waals surface area (Å²) in [7, 11) is 4.15. The van der Waals surface area contributed by atoms with E-state index in [0.29, 0.717) is 6.42 Å². The van der Waals surface area contributed by atoms with Crippen LogP contribution in [-0.4, -0.2) is 49.2 Å². The van der Waals surface area contributed by atoms with Crippen LogP contribution in [0.5, 0.6) is 0 Å². The van der Waals surface area contributed by atoms with Gasteiger partial charge in [-0.25, -0.2) is 0 Å². The van der Waals surface area contributed by atoms with Crippen LogP contribution >= 0.6 is 0 Å². The second kappa shape index (κ2) is 6.52. The first kappa shape index (κ1) is 13.9. The van der Waals surface area contributed by atoms with Gasteiger partial charge in [0.15, 0.2) is 5.78 Å². The first-order chi connectivity index (χ1) is 8.05. The van der Waals surface area contributed by atoms with Crippen LogP contribution in [0.1, 0.15) is 23.2 Å². The van der Waals surface area contributed by atoms with Gasteiger partial charge in [0.1, 0.15) is 6.54 Å². The third-order valence-electron chi connectivity index (χ3n) is 2.97. The molecule has 17 heavy (non-hydrogen) atoms. The van der Waals surface area contributed by atoms with Crippen LogP contribution in [0.4, 0.5) is 0 Å². The van der Waals surface area contributed by atoms with Crippen molar-refractivity contribution in [2.45, 2.75) is 12.8 Å². The molecule has 1 N–H and O–H groups in total. The van der Waals surface area contributed by atoms with Crippen LogP contribution in [0.2, 0.25) is 0 Å². The predicted octanol–water partition coefficient (Wildman–Crippen LogP) is 1.72. The van der Waals surface area contributed by atoms with Gasteiger partial charge in [-0.15, -0.1) is 0 Å². The Bertz CT molecular complexity index is 346. The molecule has 0 unspecified atom stereocenters. The Morgan fingerprint density at radius 1 is 1.18 bits per heavy atom. The smallest absolute Gasteiger partial charge is 0.163 e. The summed E-state index contributed by atoms with van der Waals surface area (Å²) in [4.78, 5) is 11.8. The van der Waals surface area contributed by atoms with Crippen LogP contribution < -0.4 is 0 Å². The molecule has 1 aromatic rings. The first-order valence-corrected chi connectivity index (χ1v) is 6.06. The normalized spacial score (nSPS) is 11.5. The van der Waals surface area contributed by atoms with Crippen molar-refractivity contribution < 1.29 is 14.4 Å². The molecule has 1 aromatic carbocycles. The Balaban J connectivity index is 2.35. The van der Waals surface area contributed by atoms with Crippen molar-refractivity contribution in [3.8, 4) is 0 Å². The molecule has 3 nitrogen and oxygen atoms in total. The number of quaternary nitrogens is 1. The fraction of sp³-hybridized carbons (Fsp3) is 0.500. The lowest BCUT2D eigenvalue weighted by molar-refractivity contribution is -0.890. The molecular weight excluding hydrogens is 214 g/mol. The molecule has 0 saturated carbocycles. The number of aliphatic hydroxyl groups excluding tert-OH is 1. The van der Waals surface area contributed by atoms with E-state index in [2.05, 4.69) is 14.1 Å². The summed E-state index contributed by atoms with van der Waals surface area (Å²) >= 11 is 0. The topological polar surface area (TPSA) is 37.3 Å². The quantitative estimate of drug-likeness (QED) is 0.578. The number of rotatable bonds is 7. The fourth-order valence-electron chi connectivity index (χ4n) is 1.82.